The van der Waals surface area contributed by atoms with E-state index in [2.05, 4.69) is 19.2 Å². The van der Waals surface area contributed by atoms with Crippen molar-refractivity contribution in [2.75, 3.05) is 19.8 Å². The number of nitrogens with one attached hydrogen (secondary N) is 1. The maximum atomic E-state index is 12.0. The molecule has 102 valence electrons. The molecule has 0 aliphatic rings. The van der Waals surface area contributed by atoms with Gasteiger partial charge in [-0.1, -0.05) is 27.7 Å². The van der Waals surface area contributed by atoms with E-state index in [9.17, 15) is 4.79 Å². The lowest BCUT2D eigenvalue weighted by Gasteiger charge is -2.26. The van der Waals surface area contributed by atoms with Crippen molar-refractivity contribution in [3.05, 3.63) is 0 Å². The lowest BCUT2D eigenvalue weighted by atomic mass is 9.94. The van der Waals surface area contributed by atoms with Crippen LogP contribution in [0.4, 0.5) is 0 Å². The molecule has 0 aromatic heterocycles. The third kappa shape index (κ3) is 6.03. The van der Waals surface area contributed by atoms with Gasteiger partial charge in [-0.05, 0) is 18.8 Å². The zero-order valence-electron chi connectivity index (χ0n) is 11.8. The number of nitrogens with two attached hydrogens (primary N) is 1. The normalized spacial score (nSPS) is 15.1. The van der Waals surface area contributed by atoms with Crippen LogP contribution >= 0.6 is 0 Å². The molecule has 0 fully saturated rings. The Balaban J connectivity index is 4.37. The molecule has 0 heterocycles. The second kappa shape index (κ2) is 8.48. The SMILES string of the molecule is CCOCC(NC(=O)C(CN)C(C)C)C(C)C. The zero-order valence-corrected chi connectivity index (χ0v) is 11.8. The van der Waals surface area contributed by atoms with Gasteiger partial charge in [0.1, 0.15) is 0 Å². The second-order valence-electron chi connectivity index (χ2n) is 5.10. The highest BCUT2D eigenvalue weighted by atomic mass is 16.5. The average Bonchev–Trinajstić information content (AvgIpc) is 2.24. The second-order valence-corrected chi connectivity index (χ2v) is 5.10. The highest BCUT2D eigenvalue weighted by molar-refractivity contribution is 5.79. The molecule has 1 amide bonds. The Morgan fingerprint density at radius 2 is 1.82 bits per heavy atom. The van der Waals surface area contributed by atoms with Crippen molar-refractivity contribution in [1.29, 1.82) is 0 Å². The van der Waals surface area contributed by atoms with E-state index in [0.717, 1.165) is 0 Å². The van der Waals surface area contributed by atoms with Gasteiger partial charge in [0, 0.05) is 13.2 Å². The fourth-order valence-corrected chi connectivity index (χ4v) is 1.62. The first-order valence-electron chi connectivity index (χ1n) is 6.52. The number of carbonyl (C=O) groups is 1. The van der Waals surface area contributed by atoms with Crippen molar-refractivity contribution in [3.8, 4) is 0 Å². The van der Waals surface area contributed by atoms with Gasteiger partial charge >= 0.3 is 0 Å². The number of hydrogen-bond acceptors (Lipinski definition) is 3. The molecule has 0 radical (unpaired) electrons. The fourth-order valence-electron chi connectivity index (χ4n) is 1.62. The van der Waals surface area contributed by atoms with Crippen molar-refractivity contribution in [3.63, 3.8) is 0 Å². The third-order valence-corrected chi connectivity index (χ3v) is 3.03. The van der Waals surface area contributed by atoms with Gasteiger partial charge < -0.3 is 15.8 Å². The predicted molar refractivity (Wildman–Crippen MR) is 70.6 cm³/mol. The Kier molecular flexibility index (Phi) is 8.17. The van der Waals surface area contributed by atoms with E-state index in [1.165, 1.54) is 0 Å². The molecule has 0 saturated carbocycles. The van der Waals surface area contributed by atoms with Crippen molar-refractivity contribution in [1.82, 2.24) is 5.32 Å². The van der Waals surface area contributed by atoms with Crippen molar-refractivity contribution >= 4 is 5.91 Å². The predicted octanol–water partition coefficient (Wildman–Crippen LogP) is 1.39. The minimum atomic E-state index is -0.113. The van der Waals surface area contributed by atoms with Crippen LogP contribution in [0, 0.1) is 17.8 Å². The molecule has 3 N–H and O–H groups in total. The minimum absolute atomic E-state index is 0.0425. The molecule has 0 aliphatic carbocycles. The lowest BCUT2D eigenvalue weighted by Crippen LogP contribution is -2.47. The van der Waals surface area contributed by atoms with Crippen LogP contribution in [-0.2, 0) is 9.53 Å². The van der Waals surface area contributed by atoms with Crippen molar-refractivity contribution < 1.29 is 9.53 Å². The van der Waals surface area contributed by atoms with Crippen LogP contribution in [0.15, 0.2) is 0 Å². The highest BCUT2D eigenvalue weighted by Crippen LogP contribution is 2.11. The smallest absolute Gasteiger partial charge is 0.224 e. The van der Waals surface area contributed by atoms with Crippen LogP contribution < -0.4 is 11.1 Å². The van der Waals surface area contributed by atoms with Gasteiger partial charge in [-0.3, -0.25) is 4.79 Å². The Hall–Kier alpha value is -0.610. The van der Waals surface area contributed by atoms with Crippen LogP contribution in [-0.4, -0.2) is 31.7 Å². The Morgan fingerprint density at radius 1 is 1.24 bits per heavy atom. The van der Waals surface area contributed by atoms with Gasteiger partial charge in [-0.25, -0.2) is 0 Å². The largest absolute Gasteiger partial charge is 0.380 e. The van der Waals surface area contributed by atoms with E-state index in [0.29, 0.717) is 25.7 Å². The summed E-state index contributed by atoms with van der Waals surface area (Å²) in [6.07, 6.45) is 0. The molecule has 0 bridgehead atoms. The van der Waals surface area contributed by atoms with Gasteiger partial charge in [-0.2, -0.15) is 0 Å². The third-order valence-electron chi connectivity index (χ3n) is 3.03. The molecular formula is C13H28N2O2. The first-order valence-corrected chi connectivity index (χ1v) is 6.52. The van der Waals surface area contributed by atoms with Gasteiger partial charge in [0.15, 0.2) is 0 Å². The molecule has 0 rings (SSSR count). The first kappa shape index (κ1) is 16.4. The van der Waals surface area contributed by atoms with Gasteiger partial charge in [-0.15, -0.1) is 0 Å². The number of rotatable bonds is 8. The van der Waals surface area contributed by atoms with E-state index < -0.39 is 0 Å². The minimum Gasteiger partial charge on any atom is -0.380 e. The maximum absolute atomic E-state index is 12.0. The Morgan fingerprint density at radius 3 is 2.18 bits per heavy atom. The van der Waals surface area contributed by atoms with Crippen molar-refractivity contribution in [2.24, 2.45) is 23.5 Å². The average molecular weight is 244 g/mol. The topological polar surface area (TPSA) is 64.3 Å². The summed E-state index contributed by atoms with van der Waals surface area (Å²) in [5.41, 5.74) is 5.63. The lowest BCUT2D eigenvalue weighted by molar-refractivity contribution is -0.127. The monoisotopic (exact) mass is 244 g/mol. The Labute approximate surface area is 105 Å². The molecule has 0 saturated heterocycles. The fraction of sp³-hybridized carbons (Fsp3) is 0.923. The summed E-state index contributed by atoms with van der Waals surface area (Å²) in [6, 6.07) is 0.0650. The van der Waals surface area contributed by atoms with E-state index in [1.807, 2.05) is 20.8 Å². The summed E-state index contributed by atoms with van der Waals surface area (Å²) in [5, 5.41) is 3.04. The maximum Gasteiger partial charge on any atom is 0.224 e. The van der Waals surface area contributed by atoms with Crippen LogP contribution in [0.25, 0.3) is 0 Å². The molecule has 0 aromatic rings. The number of carbonyl (C=O) groups excluding carboxylic acids is 1. The molecule has 0 aliphatic heterocycles. The summed E-state index contributed by atoms with van der Waals surface area (Å²) in [5.74, 6) is 0.551. The first-order chi connectivity index (χ1) is 7.93. The van der Waals surface area contributed by atoms with Crippen LogP contribution in [0.1, 0.15) is 34.6 Å². The summed E-state index contributed by atoms with van der Waals surface area (Å²) in [4.78, 5) is 12.0. The van der Waals surface area contributed by atoms with E-state index in [4.69, 9.17) is 10.5 Å². The number of hydrogen-bond donors (Lipinski definition) is 2. The molecule has 2 atom stereocenters. The van der Waals surface area contributed by atoms with Gasteiger partial charge in [0.05, 0.1) is 18.6 Å². The van der Waals surface area contributed by atoms with Crippen molar-refractivity contribution in [2.45, 2.75) is 40.7 Å². The highest BCUT2D eigenvalue weighted by Gasteiger charge is 2.24. The quantitative estimate of drug-likeness (QED) is 0.678. The van der Waals surface area contributed by atoms with E-state index in [-0.39, 0.29) is 23.8 Å². The summed E-state index contributed by atoms with van der Waals surface area (Å²) in [7, 11) is 0. The summed E-state index contributed by atoms with van der Waals surface area (Å²) >= 11 is 0. The molecular weight excluding hydrogens is 216 g/mol. The van der Waals surface area contributed by atoms with Gasteiger partial charge in [0.2, 0.25) is 5.91 Å². The summed E-state index contributed by atoms with van der Waals surface area (Å²) < 4.78 is 5.39. The van der Waals surface area contributed by atoms with Crippen LogP contribution in [0.5, 0.6) is 0 Å². The van der Waals surface area contributed by atoms with Gasteiger partial charge in [0.25, 0.3) is 0 Å². The Bertz CT molecular complexity index is 217. The van der Waals surface area contributed by atoms with E-state index in [1.54, 1.807) is 0 Å². The summed E-state index contributed by atoms with van der Waals surface area (Å²) in [6.45, 7) is 11.8. The standard InChI is InChI=1S/C13H28N2O2/c1-6-17-8-12(10(4)5)15-13(16)11(7-14)9(2)3/h9-12H,6-8,14H2,1-5H3,(H,15,16). The number of ether oxygens (including phenoxy) is 1. The van der Waals surface area contributed by atoms with E-state index >= 15 is 0 Å². The number of amides is 1. The van der Waals surface area contributed by atoms with Crippen LogP contribution in [0.3, 0.4) is 0 Å². The molecule has 0 aromatic carbocycles. The molecule has 4 heteroatoms. The molecule has 4 nitrogen and oxygen atoms in total. The molecule has 0 spiro atoms. The molecule has 2 unspecified atom stereocenters. The zero-order chi connectivity index (χ0) is 13.4. The van der Waals surface area contributed by atoms with Crippen LogP contribution in [0.2, 0.25) is 0 Å². The molecule has 17 heavy (non-hydrogen) atoms.